The van der Waals surface area contributed by atoms with Crippen LogP contribution in [0.2, 0.25) is 0 Å². The van der Waals surface area contributed by atoms with Gasteiger partial charge in [0.2, 0.25) is 0 Å². The van der Waals surface area contributed by atoms with Gasteiger partial charge >= 0.3 is 18.2 Å². The van der Waals surface area contributed by atoms with Gasteiger partial charge in [0.1, 0.15) is 5.54 Å². The molecule has 1 aliphatic heterocycles. The molecule has 0 spiro atoms. The van der Waals surface area contributed by atoms with E-state index in [4.69, 9.17) is 0 Å². The van der Waals surface area contributed by atoms with Crippen molar-refractivity contribution in [2.75, 3.05) is 14.2 Å². The van der Waals surface area contributed by atoms with E-state index in [1.54, 1.807) is 0 Å². The van der Waals surface area contributed by atoms with Crippen LogP contribution in [0, 0.1) is 0 Å². The fourth-order valence-corrected chi connectivity index (χ4v) is 1.45. The average molecular weight is 244 g/mol. The van der Waals surface area contributed by atoms with Crippen molar-refractivity contribution < 1.29 is 28.7 Å². The number of imide groups is 4. The van der Waals surface area contributed by atoms with Gasteiger partial charge < -0.3 is 9.47 Å². The molecule has 1 aliphatic rings. The second-order valence-electron chi connectivity index (χ2n) is 3.76. The minimum Gasteiger partial charge on any atom is -0.452 e. The molecule has 0 aromatic rings. The Balaban J connectivity index is 3.20. The Morgan fingerprint density at radius 3 is 1.94 bits per heavy atom. The monoisotopic (exact) mass is 244 g/mol. The minimum absolute atomic E-state index is 0.261. The van der Waals surface area contributed by atoms with Crippen molar-refractivity contribution in [3.8, 4) is 0 Å². The summed E-state index contributed by atoms with van der Waals surface area (Å²) in [5, 5.41) is 0. The third kappa shape index (κ3) is 1.71. The Labute approximate surface area is 97.0 Å². The van der Waals surface area contributed by atoms with Crippen LogP contribution in [0.1, 0.15) is 13.8 Å². The van der Waals surface area contributed by atoms with Crippen LogP contribution in [0.5, 0.6) is 0 Å². The fourth-order valence-electron chi connectivity index (χ4n) is 1.45. The van der Waals surface area contributed by atoms with Crippen LogP contribution < -0.4 is 0 Å². The van der Waals surface area contributed by atoms with Gasteiger partial charge in [-0.05, 0) is 13.8 Å². The van der Waals surface area contributed by atoms with Crippen LogP contribution in [0.25, 0.3) is 0 Å². The second-order valence-corrected chi connectivity index (χ2v) is 3.76. The first-order valence-corrected chi connectivity index (χ1v) is 4.63. The number of hydrogen-bond acceptors (Lipinski definition) is 6. The van der Waals surface area contributed by atoms with E-state index in [1.807, 2.05) is 0 Å². The maximum Gasteiger partial charge on any atom is 0.424 e. The summed E-state index contributed by atoms with van der Waals surface area (Å²) in [6.07, 6.45) is -2.15. The van der Waals surface area contributed by atoms with Crippen molar-refractivity contribution in [3.63, 3.8) is 0 Å². The molecule has 0 radical (unpaired) electrons. The van der Waals surface area contributed by atoms with Crippen molar-refractivity contribution in [2.24, 2.45) is 0 Å². The zero-order valence-electron chi connectivity index (χ0n) is 9.84. The number of ether oxygens (including phenoxy) is 2. The quantitative estimate of drug-likeness (QED) is 0.578. The Morgan fingerprint density at radius 1 is 1.06 bits per heavy atom. The van der Waals surface area contributed by atoms with Crippen LogP contribution in [0.15, 0.2) is 0 Å². The van der Waals surface area contributed by atoms with E-state index in [1.165, 1.54) is 13.8 Å². The number of amides is 5. The van der Waals surface area contributed by atoms with Crippen molar-refractivity contribution in [1.82, 2.24) is 9.80 Å². The van der Waals surface area contributed by atoms with Gasteiger partial charge in [0.05, 0.1) is 14.2 Å². The number of carbonyl (C=O) groups excluding carboxylic acids is 4. The van der Waals surface area contributed by atoms with Gasteiger partial charge in [-0.25, -0.2) is 19.3 Å². The standard InChI is InChI=1S/C9H12N2O6/c1-9(2)5(12)10(7(14)16-3)6(13)11(9)8(15)17-4/h1-4H3. The van der Waals surface area contributed by atoms with Gasteiger partial charge in [0.25, 0.3) is 5.91 Å². The second kappa shape index (κ2) is 4.04. The summed E-state index contributed by atoms with van der Waals surface area (Å²) in [6.45, 7) is 2.65. The molecule has 8 nitrogen and oxygen atoms in total. The van der Waals surface area contributed by atoms with E-state index in [0.717, 1.165) is 14.2 Å². The molecular weight excluding hydrogens is 232 g/mol. The number of urea groups is 1. The molecule has 0 atom stereocenters. The molecule has 1 heterocycles. The molecular formula is C9H12N2O6. The van der Waals surface area contributed by atoms with Crippen molar-refractivity contribution >= 4 is 24.1 Å². The fraction of sp³-hybridized carbons (Fsp3) is 0.556. The van der Waals surface area contributed by atoms with Crippen molar-refractivity contribution in [2.45, 2.75) is 19.4 Å². The molecule has 5 amide bonds. The Bertz CT molecular complexity index is 402. The van der Waals surface area contributed by atoms with Gasteiger partial charge in [0.15, 0.2) is 0 Å². The summed E-state index contributed by atoms with van der Waals surface area (Å²) in [6, 6.07) is -1.08. The lowest BCUT2D eigenvalue weighted by atomic mass is 10.1. The average Bonchev–Trinajstić information content (AvgIpc) is 2.44. The lowest BCUT2D eigenvalue weighted by Crippen LogP contribution is -2.47. The Kier molecular flexibility index (Phi) is 3.08. The molecule has 0 N–H and O–H groups in total. The zero-order valence-corrected chi connectivity index (χ0v) is 9.84. The van der Waals surface area contributed by atoms with E-state index in [9.17, 15) is 19.2 Å². The highest BCUT2D eigenvalue weighted by molar-refractivity contribution is 6.20. The summed E-state index contributed by atoms with van der Waals surface area (Å²) in [4.78, 5) is 47.1. The normalized spacial score (nSPS) is 18.4. The molecule has 0 bridgehead atoms. The molecule has 0 saturated carbocycles. The lowest BCUT2D eigenvalue weighted by molar-refractivity contribution is -0.130. The summed E-state index contributed by atoms with van der Waals surface area (Å²) >= 11 is 0. The van der Waals surface area contributed by atoms with E-state index in [-0.39, 0.29) is 4.90 Å². The lowest BCUT2D eigenvalue weighted by Gasteiger charge is -2.23. The van der Waals surface area contributed by atoms with Gasteiger partial charge in [-0.15, -0.1) is 0 Å². The van der Waals surface area contributed by atoms with Gasteiger partial charge in [0, 0.05) is 0 Å². The zero-order chi connectivity index (χ0) is 13.4. The molecule has 1 fully saturated rings. The predicted molar refractivity (Wildman–Crippen MR) is 53.0 cm³/mol. The third-order valence-corrected chi connectivity index (χ3v) is 2.38. The summed E-state index contributed by atoms with van der Waals surface area (Å²) in [5.41, 5.74) is -1.49. The van der Waals surface area contributed by atoms with Crippen LogP contribution in [-0.2, 0) is 14.3 Å². The highest BCUT2D eigenvalue weighted by Crippen LogP contribution is 2.28. The van der Waals surface area contributed by atoms with Crippen LogP contribution in [0.3, 0.4) is 0 Å². The van der Waals surface area contributed by atoms with E-state index < -0.39 is 29.7 Å². The first kappa shape index (κ1) is 12.9. The van der Waals surface area contributed by atoms with Gasteiger partial charge in [-0.2, -0.15) is 4.90 Å². The SMILES string of the molecule is COC(=O)N1C(=O)N(C(=O)OC)C(C)(C)C1=O. The predicted octanol–water partition coefficient (Wildman–Crippen LogP) is 0.562. The van der Waals surface area contributed by atoms with Crippen LogP contribution in [0.4, 0.5) is 14.4 Å². The van der Waals surface area contributed by atoms with Crippen molar-refractivity contribution in [3.05, 3.63) is 0 Å². The van der Waals surface area contributed by atoms with Crippen molar-refractivity contribution in [1.29, 1.82) is 0 Å². The number of hydrogen-bond donors (Lipinski definition) is 0. The minimum atomic E-state index is -1.49. The number of rotatable bonds is 0. The Morgan fingerprint density at radius 2 is 1.53 bits per heavy atom. The van der Waals surface area contributed by atoms with Crippen LogP contribution in [-0.4, -0.2) is 53.7 Å². The molecule has 0 aromatic carbocycles. The first-order chi connectivity index (χ1) is 7.78. The maximum atomic E-state index is 11.8. The summed E-state index contributed by atoms with van der Waals surface area (Å²) in [5.74, 6) is -0.847. The molecule has 0 unspecified atom stereocenters. The molecule has 17 heavy (non-hydrogen) atoms. The highest BCUT2D eigenvalue weighted by atomic mass is 16.6. The van der Waals surface area contributed by atoms with Gasteiger partial charge in [-0.1, -0.05) is 0 Å². The maximum absolute atomic E-state index is 11.8. The first-order valence-electron chi connectivity index (χ1n) is 4.63. The molecule has 0 aromatic heterocycles. The smallest absolute Gasteiger partial charge is 0.424 e. The molecule has 8 heteroatoms. The summed E-state index contributed by atoms with van der Waals surface area (Å²) in [7, 11) is 2.09. The van der Waals surface area contributed by atoms with Crippen LogP contribution >= 0.6 is 0 Å². The molecule has 0 aliphatic carbocycles. The van der Waals surface area contributed by atoms with Gasteiger partial charge in [-0.3, -0.25) is 4.79 Å². The highest BCUT2D eigenvalue weighted by Gasteiger charge is 2.57. The summed E-state index contributed by atoms with van der Waals surface area (Å²) < 4.78 is 8.68. The molecule has 1 rings (SSSR count). The topological polar surface area (TPSA) is 93.2 Å². The number of methoxy groups -OCH3 is 2. The molecule has 94 valence electrons. The van der Waals surface area contributed by atoms with E-state index in [2.05, 4.69) is 9.47 Å². The number of nitrogens with zero attached hydrogens (tertiary/aromatic N) is 2. The molecule has 1 saturated heterocycles. The largest absolute Gasteiger partial charge is 0.452 e. The Hall–Kier alpha value is -2.12. The number of carbonyl (C=O) groups is 4. The van der Waals surface area contributed by atoms with E-state index >= 15 is 0 Å². The third-order valence-electron chi connectivity index (χ3n) is 2.38. The van der Waals surface area contributed by atoms with E-state index in [0.29, 0.717) is 4.90 Å².